The summed E-state index contributed by atoms with van der Waals surface area (Å²) < 4.78 is 37.0. The van der Waals surface area contributed by atoms with Crippen molar-refractivity contribution in [3.63, 3.8) is 0 Å². The van der Waals surface area contributed by atoms with Gasteiger partial charge in [0.2, 0.25) is 10.0 Å². The van der Waals surface area contributed by atoms with Gasteiger partial charge in [-0.2, -0.15) is 0 Å². The zero-order chi connectivity index (χ0) is 21.8. The van der Waals surface area contributed by atoms with E-state index in [1.165, 1.54) is 0 Å². The summed E-state index contributed by atoms with van der Waals surface area (Å²) in [5.41, 5.74) is 0.573. The van der Waals surface area contributed by atoms with Crippen molar-refractivity contribution in [2.24, 2.45) is 0 Å². The van der Waals surface area contributed by atoms with Crippen molar-refractivity contribution in [3.05, 3.63) is 23.8 Å². The van der Waals surface area contributed by atoms with Crippen LogP contribution in [-0.4, -0.2) is 80.9 Å². The van der Waals surface area contributed by atoms with Crippen molar-refractivity contribution in [3.8, 4) is 5.75 Å². The Morgan fingerprint density at radius 1 is 1.33 bits per heavy atom. The summed E-state index contributed by atoms with van der Waals surface area (Å²) in [7, 11) is -3.39. The monoisotopic (exact) mass is 443 g/mol. The quantitative estimate of drug-likeness (QED) is 0.437. The summed E-state index contributed by atoms with van der Waals surface area (Å²) >= 11 is 0. The minimum atomic E-state index is -3.39. The maximum absolute atomic E-state index is 11.4. The normalized spacial score (nSPS) is 20.9. The van der Waals surface area contributed by atoms with E-state index in [1.807, 2.05) is 0 Å². The number of aliphatic hydroxyl groups excluding tert-OH is 1. The third-order valence-electron chi connectivity index (χ3n) is 5.41. The molecule has 0 radical (unpaired) electrons. The Balaban J connectivity index is 1.49. The Morgan fingerprint density at radius 2 is 2.07 bits per heavy atom. The van der Waals surface area contributed by atoms with Crippen LogP contribution in [0.5, 0.6) is 5.75 Å². The molecular weight excluding hydrogens is 414 g/mol. The van der Waals surface area contributed by atoms with Crippen LogP contribution in [0.25, 0.3) is 0 Å². The van der Waals surface area contributed by atoms with E-state index in [0.717, 1.165) is 38.7 Å². The van der Waals surface area contributed by atoms with Crippen LogP contribution in [0, 0.1) is 0 Å². The number of nitrogens with one attached hydrogen (secondary N) is 2. The zero-order valence-electron chi connectivity index (χ0n) is 17.0. The molecule has 11 heteroatoms. The molecule has 1 spiro atoms. The predicted octanol–water partition coefficient (Wildman–Crippen LogP) is 0.993. The molecule has 0 aromatic heterocycles. The number of aliphatic hydroxyl groups is 1. The van der Waals surface area contributed by atoms with Crippen molar-refractivity contribution in [2.75, 3.05) is 50.4 Å². The van der Waals surface area contributed by atoms with E-state index in [9.17, 15) is 18.3 Å². The fraction of sp³-hybridized carbons (Fsp3) is 0.632. The summed E-state index contributed by atoms with van der Waals surface area (Å²) in [6.45, 7) is 3.51. The first-order valence-electron chi connectivity index (χ1n) is 9.92. The van der Waals surface area contributed by atoms with Gasteiger partial charge < -0.3 is 29.9 Å². The molecule has 1 saturated heterocycles. The minimum absolute atomic E-state index is 0.269. The molecule has 1 aromatic carbocycles. The predicted molar refractivity (Wildman–Crippen MR) is 110 cm³/mol. The number of hydrogen-bond donors (Lipinski definition) is 4. The van der Waals surface area contributed by atoms with Crippen LogP contribution in [-0.2, 0) is 14.8 Å². The number of sulfonamides is 1. The Bertz CT molecular complexity index is 854. The highest BCUT2D eigenvalue weighted by Gasteiger charge is 2.42. The lowest BCUT2D eigenvalue weighted by Gasteiger charge is -2.46. The fourth-order valence-electron chi connectivity index (χ4n) is 3.93. The smallest absolute Gasteiger partial charge is 0.404 e. The summed E-state index contributed by atoms with van der Waals surface area (Å²) in [6.07, 6.45) is 1.32. The number of carboxylic acid groups (broad SMARTS) is 1. The summed E-state index contributed by atoms with van der Waals surface area (Å²) in [5.74, 6) is 0.593. The molecule has 0 bridgehead atoms. The molecule has 4 N–H and O–H groups in total. The van der Waals surface area contributed by atoms with Gasteiger partial charge in [0.25, 0.3) is 0 Å². The van der Waals surface area contributed by atoms with E-state index in [2.05, 4.69) is 14.9 Å². The number of piperidine rings is 1. The van der Waals surface area contributed by atoms with Gasteiger partial charge in [-0.3, -0.25) is 4.72 Å². The van der Waals surface area contributed by atoms with Gasteiger partial charge in [0.05, 0.1) is 25.6 Å². The average Bonchev–Trinajstić information content (AvgIpc) is 2.65. The number of amides is 1. The topological polar surface area (TPSA) is 137 Å². The molecule has 1 aromatic rings. The third kappa shape index (κ3) is 6.21. The molecule has 10 nitrogen and oxygen atoms in total. The van der Waals surface area contributed by atoms with Gasteiger partial charge in [0.15, 0.2) is 0 Å². The van der Waals surface area contributed by atoms with Crippen molar-refractivity contribution < 1.29 is 32.9 Å². The zero-order valence-corrected chi connectivity index (χ0v) is 17.8. The molecule has 0 aliphatic carbocycles. The highest BCUT2D eigenvalue weighted by Crippen LogP contribution is 2.45. The molecule has 0 saturated carbocycles. The molecule has 1 fully saturated rings. The number of ether oxygens (including phenoxy) is 2. The van der Waals surface area contributed by atoms with Crippen LogP contribution >= 0.6 is 0 Å². The molecule has 2 heterocycles. The first-order chi connectivity index (χ1) is 14.2. The number of fused-ring (bicyclic) bond motifs is 1. The number of carbonyl (C=O) groups is 1. The second kappa shape index (κ2) is 9.38. The van der Waals surface area contributed by atoms with Gasteiger partial charge >= 0.3 is 6.09 Å². The Labute approximate surface area is 176 Å². The maximum Gasteiger partial charge on any atom is 0.404 e. The lowest BCUT2D eigenvalue weighted by molar-refractivity contribution is -0.0565. The van der Waals surface area contributed by atoms with Crippen LogP contribution in [0.15, 0.2) is 18.2 Å². The van der Waals surface area contributed by atoms with Crippen molar-refractivity contribution in [1.82, 2.24) is 10.2 Å². The van der Waals surface area contributed by atoms with E-state index in [4.69, 9.17) is 14.6 Å². The molecule has 1 unspecified atom stereocenters. The second-order valence-corrected chi connectivity index (χ2v) is 9.57. The van der Waals surface area contributed by atoms with E-state index in [-0.39, 0.29) is 6.54 Å². The highest BCUT2D eigenvalue weighted by atomic mass is 32.2. The molecule has 1 amide bonds. The number of hydrogen-bond acceptors (Lipinski definition) is 7. The molecule has 2 aliphatic rings. The molecule has 2 aliphatic heterocycles. The van der Waals surface area contributed by atoms with Gasteiger partial charge in [0, 0.05) is 43.9 Å². The van der Waals surface area contributed by atoms with Crippen molar-refractivity contribution >= 4 is 21.8 Å². The average molecular weight is 444 g/mol. The van der Waals surface area contributed by atoms with Gasteiger partial charge in [0.1, 0.15) is 11.4 Å². The number of nitrogens with zero attached hydrogens (tertiary/aromatic N) is 1. The van der Waals surface area contributed by atoms with Crippen LogP contribution < -0.4 is 14.8 Å². The lowest BCUT2D eigenvalue weighted by Crippen LogP contribution is -2.51. The standard InChI is InChI=1S/C19H29N3O7S/c1-30(26,27)21-14-2-3-17-15(12-14)16(23)13-19(29-17)4-7-22(8-5-19)9-11-28-10-6-20-18(24)25/h2-3,12,16,20-21,23H,4-11,13H2,1H3,(H,24,25). The largest absolute Gasteiger partial charge is 0.487 e. The van der Waals surface area contributed by atoms with E-state index in [1.54, 1.807) is 18.2 Å². The van der Waals surface area contributed by atoms with E-state index >= 15 is 0 Å². The first-order valence-corrected chi connectivity index (χ1v) is 11.8. The van der Waals surface area contributed by atoms with Crippen LogP contribution in [0.4, 0.5) is 10.5 Å². The third-order valence-corrected chi connectivity index (χ3v) is 6.01. The molecule has 3 rings (SSSR count). The minimum Gasteiger partial charge on any atom is -0.487 e. The van der Waals surface area contributed by atoms with Crippen molar-refractivity contribution in [2.45, 2.75) is 31.0 Å². The number of likely N-dealkylation sites (tertiary alicyclic amines) is 1. The number of rotatable bonds is 8. The summed E-state index contributed by atoms with van der Waals surface area (Å²) in [4.78, 5) is 12.6. The van der Waals surface area contributed by atoms with Gasteiger partial charge in [-0.05, 0) is 31.0 Å². The molecule has 30 heavy (non-hydrogen) atoms. The Morgan fingerprint density at radius 3 is 2.73 bits per heavy atom. The van der Waals surface area contributed by atoms with Crippen LogP contribution in [0.2, 0.25) is 0 Å². The fourth-order valence-corrected chi connectivity index (χ4v) is 4.49. The lowest BCUT2D eigenvalue weighted by atomic mass is 9.81. The Hall–Kier alpha value is -2.08. The Kier molecular flexibility index (Phi) is 7.06. The van der Waals surface area contributed by atoms with Gasteiger partial charge in [-0.25, -0.2) is 13.2 Å². The molecule has 1 atom stereocenters. The van der Waals surface area contributed by atoms with E-state index < -0.39 is 27.8 Å². The van der Waals surface area contributed by atoms with Crippen LogP contribution in [0.1, 0.15) is 30.9 Å². The number of anilines is 1. The first kappa shape index (κ1) is 22.6. The SMILES string of the molecule is CS(=O)(=O)Nc1ccc2c(c1)C(O)CC1(CCN(CCOCCNC(=O)O)CC1)O2. The highest BCUT2D eigenvalue weighted by molar-refractivity contribution is 7.92. The number of benzene rings is 1. The summed E-state index contributed by atoms with van der Waals surface area (Å²) in [6, 6.07) is 4.97. The van der Waals surface area contributed by atoms with Crippen LogP contribution in [0.3, 0.4) is 0 Å². The van der Waals surface area contributed by atoms with Crippen molar-refractivity contribution in [1.29, 1.82) is 0 Å². The second-order valence-electron chi connectivity index (χ2n) is 7.82. The molecule has 168 valence electrons. The van der Waals surface area contributed by atoms with E-state index in [0.29, 0.717) is 36.6 Å². The summed E-state index contributed by atoms with van der Waals surface area (Å²) in [5, 5.41) is 21.4. The molecular formula is C19H29N3O7S. The van der Waals surface area contributed by atoms with Gasteiger partial charge in [-0.15, -0.1) is 0 Å². The van der Waals surface area contributed by atoms with Gasteiger partial charge in [-0.1, -0.05) is 0 Å². The maximum atomic E-state index is 11.4.